The van der Waals surface area contributed by atoms with Crippen LogP contribution in [0.5, 0.6) is 0 Å². The minimum absolute atomic E-state index is 0.0649. The summed E-state index contributed by atoms with van der Waals surface area (Å²) < 4.78 is 7.12. The summed E-state index contributed by atoms with van der Waals surface area (Å²) in [6.07, 6.45) is 4.28. The van der Waals surface area contributed by atoms with Gasteiger partial charge in [-0.2, -0.15) is 0 Å². The first-order chi connectivity index (χ1) is 10.3. The van der Waals surface area contributed by atoms with Crippen LogP contribution >= 0.6 is 11.3 Å². The molecule has 0 radical (unpaired) electrons. The van der Waals surface area contributed by atoms with E-state index < -0.39 is 0 Å². The zero-order chi connectivity index (χ0) is 14.7. The van der Waals surface area contributed by atoms with Gasteiger partial charge >= 0.3 is 0 Å². The summed E-state index contributed by atoms with van der Waals surface area (Å²) in [5, 5.41) is 20.0. The van der Waals surface area contributed by atoms with Crippen LogP contribution < -0.4 is 0 Å². The Hall–Kier alpha value is -1.92. The van der Waals surface area contributed by atoms with Crippen molar-refractivity contribution in [3.8, 4) is 10.6 Å². The van der Waals surface area contributed by atoms with Crippen molar-refractivity contribution in [2.24, 2.45) is 5.92 Å². The molecule has 0 fully saturated rings. The van der Waals surface area contributed by atoms with E-state index in [2.05, 4.69) is 28.7 Å². The van der Waals surface area contributed by atoms with Crippen molar-refractivity contribution in [3.63, 3.8) is 0 Å². The van der Waals surface area contributed by atoms with Crippen molar-refractivity contribution >= 4 is 11.3 Å². The molecule has 0 saturated heterocycles. The van der Waals surface area contributed by atoms with Crippen LogP contribution in [0.1, 0.15) is 11.3 Å². The molecule has 0 aromatic carbocycles. The summed E-state index contributed by atoms with van der Waals surface area (Å²) >= 11 is 1.66. The van der Waals surface area contributed by atoms with E-state index >= 15 is 0 Å². The maximum absolute atomic E-state index is 9.52. The Morgan fingerprint density at radius 1 is 1.43 bits per heavy atom. The van der Waals surface area contributed by atoms with Gasteiger partial charge in [-0.1, -0.05) is 5.21 Å². The summed E-state index contributed by atoms with van der Waals surface area (Å²) in [6.45, 7) is 2.78. The van der Waals surface area contributed by atoms with E-state index in [1.807, 2.05) is 18.3 Å². The highest BCUT2D eigenvalue weighted by Gasteiger charge is 2.14. The summed E-state index contributed by atoms with van der Waals surface area (Å²) in [5.74, 6) is 0.943. The van der Waals surface area contributed by atoms with E-state index in [0.29, 0.717) is 13.0 Å². The van der Waals surface area contributed by atoms with E-state index in [9.17, 15) is 5.11 Å². The van der Waals surface area contributed by atoms with Crippen molar-refractivity contribution in [1.82, 2.24) is 15.0 Å². The lowest BCUT2D eigenvalue weighted by Crippen LogP contribution is -2.17. The molecule has 0 aliphatic rings. The van der Waals surface area contributed by atoms with Gasteiger partial charge in [0.05, 0.1) is 17.3 Å². The van der Waals surface area contributed by atoms with Crippen molar-refractivity contribution in [1.29, 1.82) is 0 Å². The molecule has 0 amide bonds. The van der Waals surface area contributed by atoms with Gasteiger partial charge in [0.2, 0.25) is 0 Å². The Morgan fingerprint density at radius 3 is 3.00 bits per heavy atom. The van der Waals surface area contributed by atoms with Crippen LogP contribution in [0.25, 0.3) is 10.6 Å². The first-order valence-corrected chi connectivity index (χ1v) is 7.72. The molecule has 3 aromatic rings. The Kier molecular flexibility index (Phi) is 4.17. The van der Waals surface area contributed by atoms with Gasteiger partial charge in [0, 0.05) is 25.5 Å². The van der Waals surface area contributed by atoms with Gasteiger partial charge in [0.1, 0.15) is 11.5 Å². The zero-order valence-electron chi connectivity index (χ0n) is 11.8. The third-order valence-electron chi connectivity index (χ3n) is 3.41. The topological polar surface area (TPSA) is 64.1 Å². The average molecular weight is 303 g/mol. The molecule has 110 valence electrons. The van der Waals surface area contributed by atoms with Crippen LogP contribution in [0.15, 0.2) is 40.5 Å². The maximum atomic E-state index is 9.52. The van der Waals surface area contributed by atoms with E-state index in [4.69, 9.17) is 4.42 Å². The van der Waals surface area contributed by atoms with E-state index in [0.717, 1.165) is 16.3 Å². The largest absolute Gasteiger partial charge is 0.469 e. The molecule has 3 aromatic heterocycles. The van der Waals surface area contributed by atoms with Crippen LogP contribution in [0.4, 0.5) is 0 Å². The molecule has 3 heterocycles. The van der Waals surface area contributed by atoms with Gasteiger partial charge < -0.3 is 9.52 Å². The number of rotatable bonds is 6. The highest BCUT2D eigenvalue weighted by Crippen LogP contribution is 2.26. The van der Waals surface area contributed by atoms with Crippen molar-refractivity contribution in [2.45, 2.75) is 19.9 Å². The fourth-order valence-corrected chi connectivity index (χ4v) is 3.17. The third-order valence-corrected chi connectivity index (χ3v) is 4.45. The Bertz CT molecular complexity index is 687. The number of aromatic nitrogens is 3. The fourth-order valence-electron chi connectivity index (χ4n) is 2.29. The Labute approximate surface area is 126 Å². The lowest BCUT2D eigenvalue weighted by Gasteiger charge is -2.11. The third kappa shape index (κ3) is 3.22. The van der Waals surface area contributed by atoms with Gasteiger partial charge in [-0.15, -0.1) is 16.4 Å². The van der Waals surface area contributed by atoms with Crippen LogP contribution in [0.3, 0.4) is 0 Å². The second kappa shape index (κ2) is 6.24. The normalized spacial score (nSPS) is 12.7. The molecule has 0 aliphatic heterocycles. The summed E-state index contributed by atoms with van der Waals surface area (Å²) in [7, 11) is 0. The summed E-state index contributed by atoms with van der Waals surface area (Å²) in [6, 6.07) is 5.85. The van der Waals surface area contributed by atoms with Crippen LogP contribution in [0.2, 0.25) is 0 Å². The van der Waals surface area contributed by atoms with Crippen LogP contribution in [0, 0.1) is 12.8 Å². The number of thiophene rings is 1. The molecule has 6 heteroatoms. The second-order valence-corrected chi connectivity index (χ2v) is 6.01. The molecule has 0 bridgehead atoms. The van der Waals surface area contributed by atoms with Gasteiger partial charge in [-0.05, 0) is 36.1 Å². The molecule has 3 rings (SSSR count). The highest BCUT2D eigenvalue weighted by atomic mass is 32.1. The number of aliphatic hydroxyl groups excluding tert-OH is 1. The smallest absolute Gasteiger partial charge is 0.123 e. The van der Waals surface area contributed by atoms with Crippen LogP contribution in [-0.2, 0) is 13.0 Å². The van der Waals surface area contributed by atoms with Gasteiger partial charge in [0.25, 0.3) is 0 Å². The van der Waals surface area contributed by atoms with Crippen molar-refractivity contribution < 1.29 is 9.52 Å². The lowest BCUT2D eigenvalue weighted by atomic mass is 10.1. The summed E-state index contributed by atoms with van der Waals surface area (Å²) in [5.41, 5.74) is 2.10. The van der Waals surface area contributed by atoms with Gasteiger partial charge in [0.15, 0.2) is 0 Å². The quantitative estimate of drug-likeness (QED) is 0.760. The number of hydrogen-bond donors (Lipinski definition) is 1. The molecule has 1 unspecified atom stereocenters. The zero-order valence-corrected chi connectivity index (χ0v) is 12.6. The van der Waals surface area contributed by atoms with Gasteiger partial charge in [-0.25, -0.2) is 0 Å². The Balaban J connectivity index is 1.70. The van der Waals surface area contributed by atoms with E-state index in [1.165, 1.54) is 5.56 Å². The number of nitrogens with zero attached hydrogens (tertiary/aromatic N) is 3. The first-order valence-electron chi connectivity index (χ1n) is 6.84. The number of hydrogen-bond acceptors (Lipinski definition) is 5. The Morgan fingerprint density at radius 2 is 2.33 bits per heavy atom. The molecule has 0 saturated carbocycles. The minimum atomic E-state index is 0.0649. The second-order valence-electron chi connectivity index (χ2n) is 5.09. The average Bonchev–Trinajstić information content (AvgIpc) is 3.19. The fraction of sp³-hybridized carbons (Fsp3) is 0.333. The number of aryl methyl sites for hydroxylation is 1. The molecule has 1 N–H and O–H groups in total. The predicted molar refractivity (Wildman–Crippen MR) is 81.1 cm³/mol. The molecule has 1 atom stereocenters. The van der Waals surface area contributed by atoms with Gasteiger partial charge in [-0.3, -0.25) is 4.68 Å². The molecular formula is C15H17N3O2S. The summed E-state index contributed by atoms with van der Waals surface area (Å²) in [4.78, 5) is 1.15. The minimum Gasteiger partial charge on any atom is -0.469 e. The molecule has 5 nitrogen and oxygen atoms in total. The van der Waals surface area contributed by atoms with E-state index in [1.54, 1.807) is 22.3 Å². The lowest BCUT2D eigenvalue weighted by molar-refractivity contribution is 0.199. The SMILES string of the molecule is Cc1ccsc1-c1cn(CC(CO)Cc2ccco2)nn1. The highest BCUT2D eigenvalue weighted by molar-refractivity contribution is 7.13. The monoisotopic (exact) mass is 303 g/mol. The molecule has 21 heavy (non-hydrogen) atoms. The maximum Gasteiger partial charge on any atom is 0.123 e. The molecular weight excluding hydrogens is 286 g/mol. The van der Waals surface area contributed by atoms with Crippen molar-refractivity contribution in [3.05, 3.63) is 47.4 Å². The first kappa shape index (κ1) is 14.0. The molecule has 0 aliphatic carbocycles. The molecule has 0 spiro atoms. The number of furan rings is 1. The standard InChI is InChI=1S/C15H17N3O2S/c1-11-4-6-21-15(11)14-9-18(17-16-14)8-12(10-19)7-13-3-2-5-20-13/h2-6,9,12,19H,7-8,10H2,1H3. The van der Waals surface area contributed by atoms with Crippen LogP contribution in [-0.4, -0.2) is 26.7 Å². The number of aliphatic hydroxyl groups is 1. The van der Waals surface area contributed by atoms with E-state index in [-0.39, 0.29) is 12.5 Å². The van der Waals surface area contributed by atoms with Crippen molar-refractivity contribution in [2.75, 3.05) is 6.61 Å². The predicted octanol–water partition coefficient (Wildman–Crippen LogP) is 2.76.